The maximum atomic E-state index is 6.19. The molecule has 0 bridgehead atoms. The zero-order chi connectivity index (χ0) is 11.6. The number of unbranched alkanes of at least 4 members (excludes halogenated alkanes) is 2. The standard InChI is InChI=1S/C5H9O2.2C4H9.Al/c6-3-5-1-2-7-4-5;2*1-3-4-2;/h5H,1-4H2;2*1,3-4H2,2H3;/q-1;;;+1. The van der Waals surface area contributed by atoms with Crippen molar-refractivity contribution in [2.75, 3.05) is 19.8 Å². The van der Waals surface area contributed by atoms with Crippen LogP contribution in [0.25, 0.3) is 0 Å². The summed E-state index contributed by atoms with van der Waals surface area (Å²) in [5.41, 5.74) is 0. The van der Waals surface area contributed by atoms with E-state index in [0.717, 1.165) is 19.8 Å². The summed E-state index contributed by atoms with van der Waals surface area (Å²) in [5, 5.41) is 2.76. The molecule has 0 saturated carbocycles. The van der Waals surface area contributed by atoms with Crippen LogP contribution in [-0.2, 0) is 8.53 Å². The van der Waals surface area contributed by atoms with Crippen molar-refractivity contribution in [1.29, 1.82) is 0 Å². The fourth-order valence-electron chi connectivity index (χ4n) is 2.16. The van der Waals surface area contributed by atoms with Gasteiger partial charge in [0.2, 0.25) is 0 Å². The van der Waals surface area contributed by atoms with E-state index < -0.39 is 14.5 Å². The lowest BCUT2D eigenvalue weighted by atomic mass is 10.1. The van der Waals surface area contributed by atoms with Crippen molar-refractivity contribution in [2.24, 2.45) is 5.92 Å². The Kier molecular flexibility index (Phi) is 8.60. The van der Waals surface area contributed by atoms with Gasteiger partial charge in [-0.2, -0.15) is 0 Å². The Balaban J connectivity index is 2.13. The lowest BCUT2D eigenvalue weighted by molar-refractivity contribution is 0.166. The third-order valence-corrected chi connectivity index (χ3v) is 6.12. The molecule has 1 aliphatic heterocycles. The van der Waals surface area contributed by atoms with E-state index in [1.54, 1.807) is 0 Å². The van der Waals surface area contributed by atoms with Crippen LogP contribution in [0.1, 0.15) is 46.0 Å². The summed E-state index contributed by atoms with van der Waals surface area (Å²) in [6.07, 6.45) is 6.56. The Labute approximate surface area is 105 Å². The Morgan fingerprint density at radius 3 is 2.38 bits per heavy atom. The van der Waals surface area contributed by atoms with E-state index in [2.05, 4.69) is 13.8 Å². The first-order valence-electron chi connectivity index (χ1n) is 7.06. The molecule has 1 rings (SSSR count). The summed E-state index contributed by atoms with van der Waals surface area (Å²) in [5.74, 6) is 0.693. The van der Waals surface area contributed by atoms with Gasteiger partial charge in [0.25, 0.3) is 0 Å². The average Bonchev–Trinajstić information content (AvgIpc) is 2.81. The summed E-state index contributed by atoms with van der Waals surface area (Å²) in [7, 11) is 0. The summed E-state index contributed by atoms with van der Waals surface area (Å²) in [6.45, 7) is 7.41. The highest BCUT2D eigenvalue weighted by Crippen LogP contribution is 2.16. The third-order valence-electron chi connectivity index (χ3n) is 3.35. The van der Waals surface area contributed by atoms with Gasteiger partial charge in [-0.25, -0.2) is 0 Å². The van der Waals surface area contributed by atoms with Crippen LogP contribution in [-0.4, -0.2) is 34.3 Å². The van der Waals surface area contributed by atoms with Crippen LogP contribution < -0.4 is 0 Å². The average molecular weight is 242 g/mol. The van der Waals surface area contributed by atoms with E-state index in [1.165, 1.54) is 42.7 Å². The van der Waals surface area contributed by atoms with Gasteiger partial charge in [0.15, 0.2) is 0 Å². The second-order valence-electron chi connectivity index (χ2n) is 4.97. The molecule has 16 heavy (non-hydrogen) atoms. The highest BCUT2D eigenvalue weighted by molar-refractivity contribution is 6.51. The van der Waals surface area contributed by atoms with Gasteiger partial charge in [-0.05, 0) is 6.42 Å². The van der Waals surface area contributed by atoms with Crippen LogP contribution >= 0.6 is 0 Å². The SMILES string of the molecule is CCC[CH2][Al]([CH2]CCC)[O]CC1CCOC1. The van der Waals surface area contributed by atoms with Crippen molar-refractivity contribution in [1.82, 2.24) is 0 Å². The monoisotopic (exact) mass is 242 g/mol. The van der Waals surface area contributed by atoms with Crippen LogP contribution in [0.15, 0.2) is 0 Å². The fourth-order valence-corrected chi connectivity index (χ4v) is 5.06. The molecule has 2 nitrogen and oxygen atoms in total. The molecule has 94 valence electrons. The predicted octanol–water partition coefficient (Wildman–Crippen LogP) is 3.63. The minimum absolute atomic E-state index is 0.693. The summed E-state index contributed by atoms with van der Waals surface area (Å²) in [6, 6.07) is 0. The molecule has 3 heteroatoms. The van der Waals surface area contributed by atoms with Crippen LogP contribution in [0.5, 0.6) is 0 Å². The molecular formula is C13H27AlO2. The van der Waals surface area contributed by atoms with Gasteiger partial charge < -0.3 is 8.53 Å². The molecule has 0 radical (unpaired) electrons. The van der Waals surface area contributed by atoms with Gasteiger partial charge in [0.05, 0.1) is 6.61 Å². The van der Waals surface area contributed by atoms with Crippen molar-refractivity contribution in [3.63, 3.8) is 0 Å². The van der Waals surface area contributed by atoms with Gasteiger partial charge in [0, 0.05) is 19.1 Å². The zero-order valence-corrected chi connectivity index (χ0v) is 12.2. The molecule has 1 heterocycles. The molecule has 1 fully saturated rings. The number of hydrogen-bond donors (Lipinski definition) is 0. The summed E-state index contributed by atoms with van der Waals surface area (Å²) >= 11 is -0.881. The molecule has 0 N–H and O–H groups in total. The molecule has 0 spiro atoms. The Bertz CT molecular complexity index is 150. The molecule has 0 aromatic heterocycles. The molecule has 1 aliphatic rings. The second-order valence-corrected chi connectivity index (χ2v) is 7.70. The molecule has 1 atom stereocenters. The van der Waals surface area contributed by atoms with E-state index in [4.69, 9.17) is 8.53 Å². The largest absolute Gasteiger partial charge is 0.500 e. The van der Waals surface area contributed by atoms with Gasteiger partial charge in [0.1, 0.15) is 0 Å². The highest BCUT2D eigenvalue weighted by atomic mass is 27.2. The quantitative estimate of drug-likeness (QED) is 0.575. The lowest BCUT2D eigenvalue weighted by Crippen LogP contribution is -2.22. The van der Waals surface area contributed by atoms with Crippen molar-refractivity contribution in [3.8, 4) is 0 Å². The van der Waals surface area contributed by atoms with Crippen molar-refractivity contribution >= 4 is 14.5 Å². The van der Waals surface area contributed by atoms with E-state index in [0.29, 0.717) is 5.92 Å². The number of ether oxygens (including phenoxy) is 1. The van der Waals surface area contributed by atoms with Crippen LogP contribution in [0.3, 0.4) is 0 Å². The topological polar surface area (TPSA) is 18.5 Å². The van der Waals surface area contributed by atoms with Crippen molar-refractivity contribution in [3.05, 3.63) is 0 Å². The number of rotatable bonds is 9. The minimum atomic E-state index is -0.881. The smallest absolute Gasteiger partial charge is 0.460 e. The highest BCUT2D eigenvalue weighted by Gasteiger charge is 2.22. The molecule has 0 aliphatic carbocycles. The minimum Gasteiger partial charge on any atom is -0.500 e. The molecular weight excluding hydrogens is 215 g/mol. The number of hydrogen-bond acceptors (Lipinski definition) is 2. The summed E-state index contributed by atoms with van der Waals surface area (Å²) in [4.78, 5) is 0. The van der Waals surface area contributed by atoms with Gasteiger partial charge in [-0.3, -0.25) is 0 Å². The molecule has 0 aromatic carbocycles. The fraction of sp³-hybridized carbons (Fsp3) is 1.00. The van der Waals surface area contributed by atoms with E-state index in [-0.39, 0.29) is 0 Å². The van der Waals surface area contributed by atoms with E-state index >= 15 is 0 Å². The van der Waals surface area contributed by atoms with Gasteiger partial charge >= 0.3 is 14.5 Å². The van der Waals surface area contributed by atoms with Crippen molar-refractivity contribution in [2.45, 2.75) is 56.5 Å². The second kappa shape index (κ2) is 9.48. The predicted molar refractivity (Wildman–Crippen MR) is 70.1 cm³/mol. The Morgan fingerprint density at radius 2 is 1.88 bits per heavy atom. The van der Waals surface area contributed by atoms with Crippen LogP contribution in [0.2, 0.25) is 10.6 Å². The zero-order valence-electron chi connectivity index (χ0n) is 11.0. The van der Waals surface area contributed by atoms with E-state index in [9.17, 15) is 0 Å². The Morgan fingerprint density at radius 1 is 1.19 bits per heavy atom. The van der Waals surface area contributed by atoms with E-state index in [1.807, 2.05) is 0 Å². The van der Waals surface area contributed by atoms with Gasteiger partial charge in [-0.1, -0.05) is 50.1 Å². The molecule has 0 amide bonds. The molecule has 1 unspecified atom stereocenters. The van der Waals surface area contributed by atoms with Gasteiger partial charge in [-0.15, -0.1) is 0 Å². The molecule has 1 saturated heterocycles. The van der Waals surface area contributed by atoms with Crippen molar-refractivity contribution < 1.29 is 8.53 Å². The first kappa shape index (κ1) is 14.5. The maximum Gasteiger partial charge on any atom is 0.460 e. The first-order valence-corrected chi connectivity index (χ1v) is 9.16. The maximum absolute atomic E-state index is 6.19. The Hall–Kier alpha value is 0.452. The third kappa shape index (κ3) is 6.25. The van der Waals surface area contributed by atoms with Crippen LogP contribution in [0, 0.1) is 5.92 Å². The first-order chi connectivity index (χ1) is 7.86. The summed E-state index contributed by atoms with van der Waals surface area (Å²) < 4.78 is 11.6. The lowest BCUT2D eigenvalue weighted by Gasteiger charge is -2.15. The molecule has 0 aromatic rings. The normalized spacial score (nSPS) is 20.2. The van der Waals surface area contributed by atoms with Crippen LogP contribution in [0.4, 0.5) is 0 Å².